The highest BCUT2D eigenvalue weighted by atomic mass is 35.5. The topological polar surface area (TPSA) is 66.4 Å². The lowest BCUT2D eigenvalue weighted by Gasteiger charge is -2.18. The number of rotatable bonds is 3. The Morgan fingerprint density at radius 2 is 2.11 bits per heavy atom. The molecule has 0 bridgehead atoms. The smallest absolute Gasteiger partial charge is 0.337 e. The van der Waals surface area contributed by atoms with Crippen LogP contribution in [0.25, 0.3) is 0 Å². The summed E-state index contributed by atoms with van der Waals surface area (Å²) in [5.41, 5.74) is 0.295. The number of nitrogens with one attached hydrogen (secondary N) is 1. The highest BCUT2D eigenvalue weighted by molar-refractivity contribution is 6.31. The molecule has 1 aliphatic carbocycles. The molecule has 0 heterocycles. The number of carbonyl (C=O) groups is 2. The van der Waals surface area contributed by atoms with Crippen LogP contribution in [0.5, 0.6) is 0 Å². The Hall–Kier alpha value is -1.81. The van der Waals surface area contributed by atoms with Gasteiger partial charge in [-0.2, -0.15) is 0 Å². The lowest BCUT2D eigenvalue weighted by atomic mass is 9.93. The summed E-state index contributed by atoms with van der Waals surface area (Å²) in [5, 5.41) is 12.1. The van der Waals surface area contributed by atoms with Gasteiger partial charge in [0.25, 0.3) is 0 Å². The van der Waals surface area contributed by atoms with Crippen LogP contribution in [0.1, 0.15) is 29.6 Å². The van der Waals surface area contributed by atoms with Crippen LogP contribution in [0, 0.1) is 5.92 Å². The van der Waals surface area contributed by atoms with Gasteiger partial charge in [-0.05, 0) is 37.5 Å². The van der Waals surface area contributed by atoms with Crippen molar-refractivity contribution in [3.05, 3.63) is 40.9 Å². The van der Waals surface area contributed by atoms with Gasteiger partial charge >= 0.3 is 5.97 Å². The Labute approximate surface area is 116 Å². The van der Waals surface area contributed by atoms with Gasteiger partial charge in [0.05, 0.1) is 11.3 Å². The molecule has 1 atom stereocenters. The molecule has 1 aromatic rings. The Kier molecular flexibility index (Phi) is 4.22. The Bertz CT molecular complexity index is 539. The second-order valence-electron chi connectivity index (χ2n) is 4.47. The molecule has 1 aliphatic rings. The molecule has 0 aliphatic heterocycles. The standard InChI is InChI=1S/C14H14ClNO3/c15-10-6-7-11(14(18)19)12(8-10)16-13(17)9-4-2-1-3-5-9/h1-2,6-9H,3-5H2,(H,16,17)(H,18,19). The highest BCUT2D eigenvalue weighted by Gasteiger charge is 2.20. The SMILES string of the molecule is O=C(O)c1ccc(Cl)cc1NC(=O)C1CC=CCC1. The first-order valence-corrected chi connectivity index (χ1v) is 6.44. The van der Waals surface area contributed by atoms with E-state index in [-0.39, 0.29) is 23.1 Å². The van der Waals surface area contributed by atoms with E-state index < -0.39 is 5.97 Å². The maximum Gasteiger partial charge on any atom is 0.337 e. The van der Waals surface area contributed by atoms with Crippen LogP contribution in [-0.2, 0) is 4.79 Å². The average molecular weight is 280 g/mol. The van der Waals surface area contributed by atoms with Crippen LogP contribution < -0.4 is 5.32 Å². The molecule has 1 aromatic carbocycles. The Balaban J connectivity index is 2.17. The number of carboxylic acid groups (broad SMARTS) is 1. The Morgan fingerprint density at radius 3 is 2.74 bits per heavy atom. The third-order valence-corrected chi connectivity index (χ3v) is 3.34. The monoisotopic (exact) mass is 279 g/mol. The van der Waals surface area contributed by atoms with Gasteiger partial charge < -0.3 is 10.4 Å². The lowest BCUT2D eigenvalue weighted by molar-refractivity contribution is -0.120. The molecule has 0 saturated heterocycles. The normalized spacial score (nSPS) is 18.1. The molecule has 1 unspecified atom stereocenters. The maximum absolute atomic E-state index is 12.1. The fraction of sp³-hybridized carbons (Fsp3) is 0.286. The lowest BCUT2D eigenvalue weighted by Crippen LogP contribution is -2.24. The summed E-state index contributed by atoms with van der Waals surface area (Å²) >= 11 is 5.84. The summed E-state index contributed by atoms with van der Waals surface area (Å²) in [5.74, 6) is -1.35. The van der Waals surface area contributed by atoms with E-state index in [1.807, 2.05) is 12.2 Å². The van der Waals surface area contributed by atoms with Gasteiger partial charge in [0.2, 0.25) is 5.91 Å². The minimum Gasteiger partial charge on any atom is -0.478 e. The average Bonchev–Trinajstić information content (AvgIpc) is 2.39. The van der Waals surface area contributed by atoms with E-state index >= 15 is 0 Å². The summed E-state index contributed by atoms with van der Waals surface area (Å²) in [6.07, 6.45) is 6.37. The van der Waals surface area contributed by atoms with Crippen molar-refractivity contribution in [3.8, 4) is 0 Å². The van der Waals surface area contributed by atoms with Gasteiger partial charge in [0, 0.05) is 10.9 Å². The van der Waals surface area contributed by atoms with E-state index in [1.54, 1.807) is 0 Å². The van der Waals surface area contributed by atoms with E-state index in [2.05, 4.69) is 5.32 Å². The molecule has 0 saturated carbocycles. The molecule has 0 fully saturated rings. The number of halogens is 1. The fourth-order valence-corrected chi connectivity index (χ4v) is 2.25. The molecule has 4 nitrogen and oxygen atoms in total. The number of carboxylic acids is 1. The van der Waals surface area contributed by atoms with Crippen LogP contribution >= 0.6 is 11.6 Å². The van der Waals surface area contributed by atoms with Crippen LogP contribution in [0.4, 0.5) is 5.69 Å². The minimum absolute atomic E-state index is 0.0455. The number of amides is 1. The van der Waals surface area contributed by atoms with E-state index in [0.29, 0.717) is 11.4 Å². The van der Waals surface area contributed by atoms with Crippen LogP contribution in [0.2, 0.25) is 5.02 Å². The van der Waals surface area contributed by atoms with Crippen molar-refractivity contribution in [1.29, 1.82) is 0 Å². The van der Waals surface area contributed by atoms with Gasteiger partial charge in [-0.15, -0.1) is 0 Å². The minimum atomic E-state index is -1.09. The first kappa shape index (κ1) is 13.6. The van der Waals surface area contributed by atoms with E-state index in [9.17, 15) is 9.59 Å². The summed E-state index contributed by atoms with van der Waals surface area (Å²) in [6, 6.07) is 4.34. The third kappa shape index (κ3) is 3.35. The predicted octanol–water partition coefficient (Wildman–Crippen LogP) is 3.33. The summed E-state index contributed by atoms with van der Waals surface area (Å²) in [4.78, 5) is 23.2. The van der Waals surface area contributed by atoms with Crippen molar-refractivity contribution in [2.75, 3.05) is 5.32 Å². The highest BCUT2D eigenvalue weighted by Crippen LogP contribution is 2.24. The zero-order valence-electron chi connectivity index (χ0n) is 10.2. The number of anilines is 1. The summed E-state index contributed by atoms with van der Waals surface area (Å²) in [7, 11) is 0. The van der Waals surface area contributed by atoms with E-state index in [0.717, 1.165) is 12.8 Å². The van der Waals surface area contributed by atoms with Crippen molar-refractivity contribution in [2.45, 2.75) is 19.3 Å². The second kappa shape index (κ2) is 5.89. The van der Waals surface area contributed by atoms with Crippen LogP contribution in [0.3, 0.4) is 0 Å². The van der Waals surface area contributed by atoms with Gasteiger partial charge in [-0.3, -0.25) is 4.79 Å². The zero-order valence-corrected chi connectivity index (χ0v) is 11.0. The third-order valence-electron chi connectivity index (χ3n) is 3.11. The molecule has 0 aromatic heterocycles. The van der Waals surface area contributed by atoms with Crippen molar-refractivity contribution >= 4 is 29.2 Å². The molecule has 1 amide bonds. The molecule has 100 valence electrons. The number of aromatic carboxylic acids is 1. The molecular weight excluding hydrogens is 266 g/mol. The number of hydrogen-bond acceptors (Lipinski definition) is 2. The number of hydrogen-bond donors (Lipinski definition) is 2. The molecular formula is C14H14ClNO3. The quantitative estimate of drug-likeness (QED) is 0.834. The molecule has 19 heavy (non-hydrogen) atoms. The summed E-state index contributed by atoms with van der Waals surface area (Å²) in [6.45, 7) is 0. The van der Waals surface area contributed by atoms with E-state index in [1.165, 1.54) is 18.2 Å². The zero-order chi connectivity index (χ0) is 13.8. The number of allylic oxidation sites excluding steroid dienone is 2. The van der Waals surface area contributed by atoms with Crippen LogP contribution in [-0.4, -0.2) is 17.0 Å². The van der Waals surface area contributed by atoms with Crippen LogP contribution in [0.15, 0.2) is 30.4 Å². The largest absolute Gasteiger partial charge is 0.478 e. The van der Waals surface area contributed by atoms with Gasteiger partial charge in [0.15, 0.2) is 0 Å². The van der Waals surface area contributed by atoms with Crippen molar-refractivity contribution in [2.24, 2.45) is 5.92 Å². The summed E-state index contributed by atoms with van der Waals surface area (Å²) < 4.78 is 0. The second-order valence-corrected chi connectivity index (χ2v) is 4.90. The first-order valence-electron chi connectivity index (χ1n) is 6.06. The predicted molar refractivity (Wildman–Crippen MR) is 73.5 cm³/mol. The number of carbonyl (C=O) groups excluding carboxylic acids is 1. The molecule has 0 radical (unpaired) electrons. The first-order chi connectivity index (χ1) is 9.08. The van der Waals surface area contributed by atoms with Crippen molar-refractivity contribution in [1.82, 2.24) is 0 Å². The number of benzene rings is 1. The van der Waals surface area contributed by atoms with Crippen molar-refractivity contribution in [3.63, 3.8) is 0 Å². The maximum atomic E-state index is 12.1. The molecule has 2 rings (SSSR count). The fourth-order valence-electron chi connectivity index (χ4n) is 2.07. The Morgan fingerprint density at radius 1 is 1.32 bits per heavy atom. The van der Waals surface area contributed by atoms with Crippen molar-refractivity contribution < 1.29 is 14.7 Å². The molecule has 5 heteroatoms. The molecule has 0 spiro atoms. The van der Waals surface area contributed by atoms with E-state index in [4.69, 9.17) is 16.7 Å². The van der Waals surface area contributed by atoms with Gasteiger partial charge in [-0.1, -0.05) is 23.8 Å². The molecule has 2 N–H and O–H groups in total. The van der Waals surface area contributed by atoms with Gasteiger partial charge in [-0.25, -0.2) is 4.79 Å². The van der Waals surface area contributed by atoms with Gasteiger partial charge in [0.1, 0.15) is 0 Å².